The van der Waals surface area contributed by atoms with Crippen LogP contribution in [0.4, 0.5) is 0 Å². The second kappa shape index (κ2) is 9.26. The van der Waals surface area contributed by atoms with E-state index in [4.69, 9.17) is 14.2 Å². The van der Waals surface area contributed by atoms with E-state index in [0.29, 0.717) is 34.9 Å². The van der Waals surface area contributed by atoms with Crippen LogP contribution in [-0.2, 0) is 9.59 Å². The molecule has 0 bridgehead atoms. The minimum absolute atomic E-state index is 0.200. The first kappa shape index (κ1) is 20.6. The van der Waals surface area contributed by atoms with Crippen LogP contribution in [-0.4, -0.2) is 44.6 Å². The van der Waals surface area contributed by atoms with E-state index in [1.807, 2.05) is 19.9 Å². The summed E-state index contributed by atoms with van der Waals surface area (Å²) in [5.74, 6) is 1.23. The van der Waals surface area contributed by atoms with Gasteiger partial charge in [-0.25, -0.2) is 0 Å². The van der Waals surface area contributed by atoms with Crippen LogP contribution < -0.4 is 14.2 Å². The zero-order chi connectivity index (χ0) is 20.0. The molecule has 6 heteroatoms. The standard InChI is InChI=1S/C21H27NO5/c1-14(2)11-16-7-6-10-22(21(16)24)19(23)9-8-15-12-17(25-3)20(27-5)18(13-15)26-4/h8-9,11-14H,6-7,10H2,1-5H3/b9-8+,16-11-. The summed E-state index contributed by atoms with van der Waals surface area (Å²) >= 11 is 0. The number of imide groups is 1. The van der Waals surface area contributed by atoms with Gasteiger partial charge in [-0.2, -0.15) is 0 Å². The molecule has 2 rings (SSSR count). The molecule has 1 aliphatic rings. The van der Waals surface area contributed by atoms with Crippen molar-refractivity contribution in [3.63, 3.8) is 0 Å². The van der Waals surface area contributed by atoms with Crippen LogP contribution in [0, 0.1) is 5.92 Å². The second-order valence-corrected chi connectivity index (χ2v) is 6.63. The molecule has 1 saturated heterocycles. The molecule has 1 heterocycles. The van der Waals surface area contributed by atoms with E-state index in [9.17, 15) is 9.59 Å². The van der Waals surface area contributed by atoms with Crippen molar-refractivity contribution in [2.75, 3.05) is 27.9 Å². The number of piperidine rings is 1. The van der Waals surface area contributed by atoms with Gasteiger partial charge in [-0.3, -0.25) is 14.5 Å². The van der Waals surface area contributed by atoms with Crippen molar-refractivity contribution in [2.45, 2.75) is 26.7 Å². The monoisotopic (exact) mass is 373 g/mol. The lowest BCUT2D eigenvalue weighted by Gasteiger charge is -2.26. The van der Waals surface area contributed by atoms with Gasteiger partial charge in [-0.15, -0.1) is 0 Å². The van der Waals surface area contributed by atoms with Gasteiger partial charge < -0.3 is 14.2 Å². The molecular formula is C21H27NO5. The summed E-state index contributed by atoms with van der Waals surface area (Å²) in [4.78, 5) is 26.4. The van der Waals surface area contributed by atoms with Crippen molar-refractivity contribution in [1.82, 2.24) is 4.90 Å². The summed E-state index contributed by atoms with van der Waals surface area (Å²) < 4.78 is 15.9. The normalized spacial score (nSPS) is 16.3. The second-order valence-electron chi connectivity index (χ2n) is 6.63. The lowest BCUT2D eigenvalue weighted by Crippen LogP contribution is -2.40. The van der Waals surface area contributed by atoms with Gasteiger partial charge in [0, 0.05) is 18.2 Å². The molecule has 1 aliphatic heterocycles. The van der Waals surface area contributed by atoms with E-state index >= 15 is 0 Å². The molecule has 1 aromatic carbocycles. The summed E-state index contributed by atoms with van der Waals surface area (Å²) in [5, 5.41) is 0. The summed E-state index contributed by atoms with van der Waals surface area (Å²) in [5.41, 5.74) is 1.42. The number of benzene rings is 1. The van der Waals surface area contributed by atoms with Crippen LogP contribution in [0.3, 0.4) is 0 Å². The number of hydrogen-bond acceptors (Lipinski definition) is 5. The number of methoxy groups -OCH3 is 3. The third-order valence-electron chi connectivity index (χ3n) is 4.25. The van der Waals surface area contributed by atoms with E-state index in [-0.39, 0.29) is 17.7 Å². The molecule has 0 aliphatic carbocycles. The maximum atomic E-state index is 12.5. The van der Waals surface area contributed by atoms with E-state index in [1.54, 1.807) is 18.2 Å². The molecule has 146 valence electrons. The van der Waals surface area contributed by atoms with Crippen molar-refractivity contribution in [3.05, 3.63) is 35.4 Å². The van der Waals surface area contributed by atoms with E-state index in [0.717, 1.165) is 12.8 Å². The van der Waals surface area contributed by atoms with Crippen molar-refractivity contribution >= 4 is 17.9 Å². The lowest BCUT2D eigenvalue weighted by atomic mass is 9.99. The highest BCUT2D eigenvalue weighted by Gasteiger charge is 2.27. The minimum atomic E-state index is -0.330. The maximum Gasteiger partial charge on any atom is 0.256 e. The molecule has 6 nitrogen and oxygen atoms in total. The Morgan fingerprint density at radius 3 is 2.26 bits per heavy atom. The molecule has 0 radical (unpaired) electrons. The number of nitrogens with zero attached hydrogens (tertiary/aromatic N) is 1. The maximum absolute atomic E-state index is 12.5. The zero-order valence-corrected chi connectivity index (χ0v) is 16.6. The highest BCUT2D eigenvalue weighted by atomic mass is 16.5. The van der Waals surface area contributed by atoms with Gasteiger partial charge in [0.1, 0.15) is 0 Å². The number of hydrogen-bond donors (Lipinski definition) is 0. The van der Waals surface area contributed by atoms with Gasteiger partial charge in [-0.05, 0) is 42.5 Å². The Morgan fingerprint density at radius 1 is 1.11 bits per heavy atom. The van der Waals surface area contributed by atoms with Crippen LogP contribution in [0.5, 0.6) is 17.2 Å². The third-order valence-corrected chi connectivity index (χ3v) is 4.25. The fourth-order valence-electron chi connectivity index (χ4n) is 3.03. The highest BCUT2D eigenvalue weighted by Crippen LogP contribution is 2.38. The topological polar surface area (TPSA) is 65.1 Å². The summed E-state index contributed by atoms with van der Waals surface area (Å²) in [6.07, 6.45) is 6.48. The smallest absolute Gasteiger partial charge is 0.256 e. The molecule has 0 unspecified atom stereocenters. The van der Waals surface area contributed by atoms with Gasteiger partial charge in [0.25, 0.3) is 11.8 Å². The minimum Gasteiger partial charge on any atom is -0.493 e. The van der Waals surface area contributed by atoms with Crippen LogP contribution in [0.25, 0.3) is 6.08 Å². The summed E-state index contributed by atoms with van der Waals surface area (Å²) in [6, 6.07) is 3.49. The highest BCUT2D eigenvalue weighted by molar-refractivity contribution is 6.09. The first-order chi connectivity index (χ1) is 12.9. The van der Waals surface area contributed by atoms with Crippen LogP contribution in [0.1, 0.15) is 32.3 Å². The third kappa shape index (κ3) is 4.90. The molecule has 1 fully saturated rings. The Bertz CT molecular complexity index is 739. The molecule has 0 saturated carbocycles. The predicted octanol–water partition coefficient (Wildman–Crippen LogP) is 3.46. The predicted molar refractivity (Wildman–Crippen MR) is 104 cm³/mol. The lowest BCUT2D eigenvalue weighted by molar-refractivity contribution is -0.140. The van der Waals surface area contributed by atoms with Crippen molar-refractivity contribution in [1.29, 1.82) is 0 Å². The molecule has 0 spiro atoms. The van der Waals surface area contributed by atoms with Crippen molar-refractivity contribution in [3.8, 4) is 17.2 Å². The number of carbonyl (C=O) groups excluding carboxylic acids is 2. The fraction of sp³-hybridized carbons (Fsp3) is 0.429. The Balaban J connectivity index is 2.22. The number of carbonyl (C=O) groups is 2. The molecule has 2 amide bonds. The first-order valence-electron chi connectivity index (χ1n) is 8.95. The van der Waals surface area contributed by atoms with Crippen molar-refractivity contribution < 1.29 is 23.8 Å². The largest absolute Gasteiger partial charge is 0.493 e. The average molecular weight is 373 g/mol. The van der Waals surface area contributed by atoms with E-state index in [2.05, 4.69) is 0 Å². The van der Waals surface area contributed by atoms with Crippen molar-refractivity contribution in [2.24, 2.45) is 5.92 Å². The van der Waals surface area contributed by atoms with Crippen LogP contribution in [0.15, 0.2) is 29.9 Å². The van der Waals surface area contributed by atoms with Crippen LogP contribution >= 0.6 is 0 Å². The Kier molecular flexibility index (Phi) is 7.05. The first-order valence-corrected chi connectivity index (χ1v) is 8.95. The SMILES string of the molecule is COc1cc(/C=C/C(=O)N2CCC/C(=C/C(C)C)C2=O)cc(OC)c1OC. The Labute approximate surface area is 160 Å². The quantitative estimate of drug-likeness (QED) is 0.715. The molecule has 27 heavy (non-hydrogen) atoms. The molecule has 0 atom stereocenters. The number of allylic oxidation sites excluding steroid dienone is 1. The fourth-order valence-corrected chi connectivity index (χ4v) is 3.03. The molecule has 0 N–H and O–H groups in total. The van der Waals surface area contributed by atoms with Gasteiger partial charge >= 0.3 is 0 Å². The molecule has 1 aromatic rings. The van der Waals surface area contributed by atoms with Gasteiger partial charge in [-0.1, -0.05) is 19.9 Å². The van der Waals surface area contributed by atoms with Gasteiger partial charge in [0.15, 0.2) is 11.5 Å². The molecule has 0 aromatic heterocycles. The van der Waals surface area contributed by atoms with Gasteiger partial charge in [0.2, 0.25) is 5.75 Å². The van der Waals surface area contributed by atoms with E-state index in [1.165, 1.54) is 32.3 Å². The Hall–Kier alpha value is -2.76. The summed E-state index contributed by atoms with van der Waals surface area (Å²) in [7, 11) is 4.60. The Morgan fingerprint density at radius 2 is 1.74 bits per heavy atom. The average Bonchev–Trinajstić information content (AvgIpc) is 2.66. The van der Waals surface area contributed by atoms with Gasteiger partial charge in [0.05, 0.1) is 21.3 Å². The number of amides is 2. The number of ether oxygens (including phenoxy) is 3. The van der Waals surface area contributed by atoms with Crippen LogP contribution in [0.2, 0.25) is 0 Å². The number of likely N-dealkylation sites (tertiary alicyclic amines) is 1. The molecular weight excluding hydrogens is 346 g/mol. The van der Waals surface area contributed by atoms with E-state index < -0.39 is 0 Å². The zero-order valence-electron chi connectivity index (χ0n) is 16.6. The number of rotatable bonds is 6. The summed E-state index contributed by atoms with van der Waals surface area (Å²) in [6.45, 7) is 4.48.